The first-order chi connectivity index (χ1) is 15.1. The van der Waals surface area contributed by atoms with Gasteiger partial charge in [-0.1, -0.05) is 12.1 Å². The lowest BCUT2D eigenvalue weighted by atomic mass is 10.1. The summed E-state index contributed by atoms with van der Waals surface area (Å²) in [5.74, 6) is 0.0721. The summed E-state index contributed by atoms with van der Waals surface area (Å²) in [4.78, 5) is 13.6. The highest BCUT2D eigenvalue weighted by atomic mass is 32.2. The first-order valence-corrected chi connectivity index (χ1v) is 11.5. The Morgan fingerprint density at radius 2 is 1.75 bits per heavy atom. The molecule has 172 valence electrons. The summed E-state index contributed by atoms with van der Waals surface area (Å²) in [7, 11) is -3.78. The number of carbonyl (C=O) groups excluding carboxylic acids is 1. The van der Waals surface area contributed by atoms with Gasteiger partial charge in [0.05, 0.1) is 16.1 Å². The monoisotopic (exact) mass is 469 g/mol. The molecule has 1 N–H and O–H groups in total. The Labute approximate surface area is 183 Å². The Kier molecular flexibility index (Phi) is 6.15. The molecule has 1 fully saturated rings. The Balaban J connectivity index is 1.42. The number of hydrogen-bond donors (Lipinski definition) is 1. The molecule has 0 spiro atoms. The van der Waals surface area contributed by atoms with Crippen molar-refractivity contribution in [3.05, 3.63) is 53.6 Å². The highest BCUT2D eigenvalue weighted by molar-refractivity contribution is 7.89. The summed E-state index contributed by atoms with van der Waals surface area (Å²) in [5.41, 5.74) is 0.363. The molecule has 0 bridgehead atoms. The minimum Gasteiger partial charge on any atom is -0.482 e. The van der Waals surface area contributed by atoms with Gasteiger partial charge in [-0.3, -0.25) is 9.69 Å². The van der Waals surface area contributed by atoms with E-state index < -0.39 is 21.8 Å². The fraction of sp³-hybridized carbons (Fsp3) is 0.381. The van der Waals surface area contributed by atoms with Crippen LogP contribution in [0.1, 0.15) is 17.5 Å². The first-order valence-electron chi connectivity index (χ1n) is 10.1. The van der Waals surface area contributed by atoms with Gasteiger partial charge in [-0.05, 0) is 48.9 Å². The van der Waals surface area contributed by atoms with Crippen molar-refractivity contribution in [2.24, 2.45) is 0 Å². The number of nitrogens with one attached hydrogen (secondary N) is 1. The van der Waals surface area contributed by atoms with Crippen molar-refractivity contribution in [2.45, 2.75) is 24.0 Å². The molecule has 11 heteroatoms. The van der Waals surface area contributed by atoms with Gasteiger partial charge in [0, 0.05) is 26.2 Å². The van der Waals surface area contributed by atoms with Gasteiger partial charge in [0.1, 0.15) is 5.75 Å². The number of ether oxygens (including phenoxy) is 1. The lowest BCUT2D eigenvalue weighted by Gasteiger charge is -2.23. The summed E-state index contributed by atoms with van der Waals surface area (Å²) in [5, 5.41) is 2.61. The number of alkyl halides is 3. The van der Waals surface area contributed by atoms with Crippen molar-refractivity contribution in [1.82, 2.24) is 9.21 Å². The molecule has 0 saturated carbocycles. The van der Waals surface area contributed by atoms with Crippen LogP contribution in [0.2, 0.25) is 0 Å². The zero-order valence-corrected chi connectivity index (χ0v) is 17.9. The lowest BCUT2D eigenvalue weighted by molar-refractivity contribution is -0.137. The number of hydrogen-bond acceptors (Lipinski definition) is 5. The van der Waals surface area contributed by atoms with Crippen LogP contribution in [-0.4, -0.2) is 56.3 Å². The van der Waals surface area contributed by atoms with Crippen LogP contribution in [-0.2, 0) is 27.5 Å². The average molecular weight is 469 g/mol. The van der Waals surface area contributed by atoms with Gasteiger partial charge in [-0.2, -0.15) is 17.5 Å². The van der Waals surface area contributed by atoms with Gasteiger partial charge in [0.25, 0.3) is 5.91 Å². The van der Waals surface area contributed by atoms with E-state index in [1.54, 1.807) is 0 Å². The van der Waals surface area contributed by atoms with E-state index in [2.05, 4.69) is 5.32 Å². The second kappa shape index (κ2) is 8.72. The van der Waals surface area contributed by atoms with E-state index in [0.717, 1.165) is 17.7 Å². The van der Waals surface area contributed by atoms with Gasteiger partial charge in [-0.25, -0.2) is 8.42 Å². The maximum Gasteiger partial charge on any atom is 0.416 e. The van der Waals surface area contributed by atoms with Crippen molar-refractivity contribution >= 4 is 21.6 Å². The van der Waals surface area contributed by atoms with Crippen molar-refractivity contribution in [3.63, 3.8) is 0 Å². The normalized spacial score (nSPS) is 18.4. The zero-order valence-electron chi connectivity index (χ0n) is 17.1. The Bertz CT molecular complexity index is 1100. The molecule has 0 aromatic heterocycles. The van der Waals surface area contributed by atoms with E-state index in [0.29, 0.717) is 44.0 Å². The molecule has 0 unspecified atom stereocenters. The predicted molar refractivity (Wildman–Crippen MR) is 111 cm³/mol. The lowest BCUT2D eigenvalue weighted by Crippen LogP contribution is -2.35. The largest absolute Gasteiger partial charge is 0.482 e. The minimum atomic E-state index is -4.37. The summed E-state index contributed by atoms with van der Waals surface area (Å²) in [6.45, 7) is 1.98. The highest BCUT2D eigenvalue weighted by Crippen LogP contribution is 2.32. The Morgan fingerprint density at radius 3 is 2.47 bits per heavy atom. The van der Waals surface area contributed by atoms with Crippen LogP contribution in [0.15, 0.2) is 47.4 Å². The summed E-state index contributed by atoms with van der Waals surface area (Å²) >= 11 is 0. The number of amides is 1. The second-order valence-electron chi connectivity index (χ2n) is 7.72. The predicted octanol–water partition coefficient (Wildman–Crippen LogP) is 2.93. The van der Waals surface area contributed by atoms with Crippen LogP contribution in [0.3, 0.4) is 0 Å². The maximum absolute atomic E-state index is 13.2. The van der Waals surface area contributed by atoms with Crippen molar-refractivity contribution < 1.29 is 31.1 Å². The quantitative estimate of drug-likeness (QED) is 0.745. The van der Waals surface area contributed by atoms with Crippen molar-refractivity contribution in [3.8, 4) is 5.75 Å². The summed E-state index contributed by atoms with van der Waals surface area (Å²) in [6.07, 6.45) is -3.79. The molecular formula is C21H22F3N3O4S. The SMILES string of the molecule is O=C1COc2ccc(S(=O)(=O)N3CCCN(Cc4ccc(C(F)(F)F)cc4)CC3)cc2N1. The number of benzene rings is 2. The number of sulfonamides is 1. The molecule has 0 atom stereocenters. The topological polar surface area (TPSA) is 79.0 Å². The molecule has 1 amide bonds. The molecule has 2 aromatic carbocycles. The Hall–Kier alpha value is -2.63. The average Bonchev–Trinajstić information content (AvgIpc) is 2.99. The molecule has 0 radical (unpaired) electrons. The molecule has 2 aliphatic heterocycles. The van der Waals surface area contributed by atoms with Gasteiger partial charge in [0.15, 0.2) is 6.61 Å². The number of carbonyl (C=O) groups is 1. The number of halogens is 3. The molecule has 2 aromatic rings. The number of nitrogens with zero attached hydrogens (tertiary/aromatic N) is 2. The fourth-order valence-electron chi connectivity index (χ4n) is 3.77. The van der Waals surface area contributed by atoms with E-state index in [4.69, 9.17) is 4.74 Å². The maximum atomic E-state index is 13.2. The smallest absolute Gasteiger partial charge is 0.416 e. The van der Waals surface area contributed by atoms with E-state index in [1.165, 1.54) is 34.6 Å². The van der Waals surface area contributed by atoms with Crippen LogP contribution in [0, 0.1) is 0 Å². The molecule has 2 aliphatic rings. The number of rotatable bonds is 4. The van der Waals surface area contributed by atoms with Crippen LogP contribution in [0.25, 0.3) is 0 Å². The van der Waals surface area contributed by atoms with Gasteiger partial charge < -0.3 is 10.1 Å². The standard InChI is InChI=1S/C21H22F3N3O4S/c22-21(23,24)16-4-2-15(3-5-16)13-26-8-1-9-27(11-10-26)32(29,30)17-6-7-19-18(12-17)25-20(28)14-31-19/h2-7,12H,1,8-11,13-14H2,(H,25,28). The third-order valence-corrected chi connectivity index (χ3v) is 7.35. The summed E-state index contributed by atoms with van der Waals surface area (Å²) < 4.78 is 71.2. The molecule has 0 aliphatic carbocycles. The van der Waals surface area contributed by atoms with Gasteiger partial charge in [-0.15, -0.1) is 0 Å². The first kappa shape index (κ1) is 22.6. The van der Waals surface area contributed by atoms with Crippen LogP contribution < -0.4 is 10.1 Å². The van der Waals surface area contributed by atoms with Gasteiger partial charge in [0.2, 0.25) is 10.0 Å². The van der Waals surface area contributed by atoms with Crippen molar-refractivity contribution in [1.29, 1.82) is 0 Å². The number of fused-ring (bicyclic) bond motifs is 1. The third kappa shape index (κ3) is 4.89. The molecule has 1 saturated heterocycles. The highest BCUT2D eigenvalue weighted by Gasteiger charge is 2.31. The van der Waals surface area contributed by atoms with Crippen LogP contribution >= 0.6 is 0 Å². The minimum absolute atomic E-state index is 0.0678. The van der Waals surface area contributed by atoms with E-state index >= 15 is 0 Å². The molecular weight excluding hydrogens is 447 g/mol. The van der Waals surface area contributed by atoms with Crippen LogP contribution in [0.4, 0.5) is 18.9 Å². The van der Waals surface area contributed by atoms with Crippen molar-refractivity contribution in [2.75, 3.05) is 38.1 Å². The van der Waals surface area contributed by atoms with Gasteiger partial charge >= 0.3 is 6.18 Å². The Morgan fingerprint density at radius 1 is 1.00 bits per heavy atom. The fourth-order valence-corrected chi connectivity index (χ4v) is 5.27. The summed E-state index contributed by atoms with van der Waals surface area (Å²) in [6, 6.07) is 9.39. The number of anilines is 1. The van der Waals surface area contributed by atoms with E-state index in [1.807, 2.05) is 4.90 Å². The molecule has 32 heavy (non-hydrogen) atoms. The van der Waals surface area contributed by atoms with E-state index in [-0.39, 0.29) is 24.0 Å². The van der Waals surface area contributed by atoms with E-state index in [9.17, 15) is 26.4 Å². The molecule has 4 rings (SSSR count). The molecule has 2 heterocycles. The third-order valence-electron chi connectivity index (χ3n) is 5.46. The zero-order chi connectivity index (χ0) is 22.9. The van der Waals surface area contributed by atoms with Crippen LogP contribution in [0.5, 0.6) is 5.75 Å². The second-order valence-corrected chi connectivity index (χ2v) is 9.66. The molecule has 7 nitrogen and oxygen atoms in total.